The van der Waals surface area contributed by atoms with E-state index in [1.54, 1.807) is 0 Å². The van der Waals surface area contributed by atoms with E-state index in [1.165, 1.54) is 0 Å². The lowest BCUT2D eigenvalue weighted by Crippen LogP contribution is -2.18. The van der Waals surface area contributed by atoms with Crippen LogP contribution in [-0.2, 0) is 0 Å². The lowest BCUT2D eigenvalue weighted by atomic mass is 10.1. The molecule has 7 nitrogen and oxygen atoms in total. The van der Waals surface area contributed by atoms with Crippen molar-refractivity contribution < 1.29 is 0 Å². The van der Waals surface area contributed by atoms with Crippen molar-refractivity contribution in [3.8, 4) is 0 Å². The van der Waals surface area contributed by atoms with Gasteiger partial charge in [-0.25, -0.2) is 4.98 Å². The molecule has 0 N–H and O–H groups in total. The van der Waals surface area contributed by atoms with Gasteiger partial charge in [-0.2, -0.15) is 0 Å². The van der Waals surface area contributed by atoms with Crippen LogP contribution < -0.4 is 29.4 Å². The summed E-state index contributed by atoms with van der Waals surface area (Å²) in [7, 11) is 0. The molecule has 13 rings (SSSR count). The van der Waals surface area contributed by atoms with Gasteiger partial charge in [0.15, 0.2) is 0 Å². The number of benzene rings is 12. The van der Waals surface area contributed by atoms with E-state index in [-0.39, 0.29) is 0 Å². The van der Waals surface area contributed by atoms with Gasteiger partial charge in [-0.1, -0.05) is 188 Å². The second-order valence-corrected chi connectivity index (χ2v) is 20.1. The Morgan fingerprint density at radius 1 is 0.131 bits per heavy atom. The quantitative estimate of drug-likeness (QED) is 0.0846. The molecule has 0 bridgehead atoms. The van der Waals surface area contributed by atoms with Crippen molar-refractivity contribution in [2.45, 2.75) is 0 Å². The van der Waals surface area contributed by atoms with E-state index < -0.39 is 0 Å². The highest BCUT2D eigenvalue weighted by molar-refractivity contribution is 5.92. The Hall–Kier alpha value is -11.4. The summed E-state index contributed by atoms with van der Waals surface area (Å²) in [4.78, 5) is 19.6. The molecule has 0 aliphatic heterocycles. The third-order valence-corrected chi connectivity index (χ3v) is 14.7. The van der Waals surface area contributed by atoms with Gasteiger partial charge in [0.25, 0.3) is 0 Å². The van der Waals surface area contributed by atoms with E-state index in [0.29, 0.717) is 0 Å². The van der Waals surface area contributed by atoms with Gasteiger partial charge in [0.1, 0.15) is 11.6 Å². The molecule has 0 spiro atoms. The van der Waals surface area contributed by atoms with E-state index in [1.807, 2.05) is 0 Å². The molecule has 1 aromatic heterocycles. The third-order valence-electron chi connectivity index (χ3n) is 14.7. The molecule has 0 fully saturated rings. The molecule has 7 heteroatoms. The van der Waals surface area contributed by atoms with E-state index in [2.05, 4.69) is 387 Å². The number of aromatic nitrogens is 1. The topological polar surface area (TPSA) is 32.3 Å². The van der Waals surface area contributed by atoms with Crippen LogP contribution in [-0.4, -0.2) is 4.98 Å². The fourth-order valence-electron chi connectivity index (χ4n) is 11.0. The zero-order valence-corrected chi connectivity index (χ0v) is 46.2. The standard InChI is InChI=1S/C77H59N7/c1-11-32-60(33-12-1)79(61-34-13-2-14-35-61)72-55-73(80(62-36-15-3-16-37-62)63-38-17-4-18-39-63)57-74(56-72)81(64-40-19-5-20-41-64)70-52-31-53-71(54-70)82(65-42-21-6-22-43-65)75-58-76(83(66-44-23-7-24-45-66)67-46-25-8-26-47-67)78-77(59-75)84(68-48-27-9-28-49-68)69-50-29-10-30-51-69/h1-59H. The number of pyridine rings is 1. The van der Waals surface area contributed by atoms with Gasteiger partial charge in [-0.3, -0.25) is 9.80 Å². The van der Waals surface area contributed by atoms with E-state index in [4.69, 9.17) is 4.98 Å². The molecule has 1 heterocycles. The van der Waals surface area contributed by atoms with Crippen LogP contribution >= 0.6 is 0 Å². The minimum Gasteiger partial charge on any atom is -0.310 e. The lowest BCUT2D eigenvalue weighted by molar-refractivity contribution is 1.12. The van der Waals surface area contributed by atoms with Gasteiger partial charge >= 0.3 is 0 Å². The average Bonchev–Trinajstić information content (AvgIpc) is 3.73. The second-order valence-electron chi connectivity index (χ2n) is 20.1. The minimum atomic E-state index is 0.742. The number of nitrogens with zero attached hydrogens (tertiary/aromatic N) is 7. The highest BCUT2D eigenvalue weighted by Crippen LogP contribution is 2.49. The maximum Gasteiger partial charge on any atom is 0.142 e. The van der Waals surface area contributed by atoms with Crippen LogP contribution in [0.3, 0.4) is 0 Å². The predicted octanol–water partition coefficient (Wildman–Crippen LogP) is 21.9. The Balaban J connectivity index is 1.05. The molecule has 0 radical (unpaired) electrons. The van der Waals surface area contributed by atoms with Crippen LogP contribution in [0.15, 0.2) is 358 Å². The van der Waals surface area contributed by atoms with Crippen molar-refractivity contribution in [3.05, 3.63) is 358 Å². The molecule has 0 unspecified atom stereocenters. The normalized spacial score (nSPS) is 10.9. The Labute approximate surface area is 492 Å². The molecular formula is C77H59N7. The highest BCUT2D eigenvalue weighted by atomic mass is 15.3. The Morgan fingerprint density at radius 3 is 0.500 bits per heavy atom. The molecule has 0 atom stereocenters. The second kappa shape index (κ2) is 24.5. The average molecular weight is 1080 g/mol. The SMILES string of the molecule is c1ccc(N(c2ccccc2)c2cc(N(c3ccccc3)c3ccccc3)cc(N(c3ccccc3)c3cccc(N(c4ccccc4)c4cc(N(c5ccccc5)c5ccccc5)nc(N(c5ccccc5)c5ccccc5)c4)c3)c2)cc1. The molecule has 402 valence electrons. The molecule has 84 heavy (non-hydrogen) atoms. The molecule has 0 aliphatic rings. The molecule has 13 aromatic rings. The Morgan fingerprint density at radius 2 is 0.286 bits per heavy atom. The van der Waals surface area contributed by atoms with Gasteiger partial charge in [0.2, 0.25) is 0 Å². The van der Waals surface area contributed by atoms with E-state index in [0.717, 1.165) is 103 Å². The van der Waals surface area contributed by atoms with Crippen LogP contribution in [0, 0.1) is 0 Å². The zero-order valence-electron chi connectivity index (χ0n) is 46.2. The van der Waals surface area contributed by atoms with Crippen molar-refractivity contribution in [3.63, 3.8) is 0 Å². The van der Waals surface area contributed by atoms with Crippen molar-refractivity contribution in [2.24, 2.45) is 0 Å². The minimum absolute atomic E-state index is 0.742. The summed E-state index contributed by atoms with van der Waals surface area (Å²) < 4.78 is 0. The van der Waals surface area contributed by atoms with Crippen LogP contribution in [0.2, 0.25) is 0 Å². The number of hydrogen-bond acceptors (Lipinski definition) is 7. The largest absolute Gasteiger partial charge is 0.310 e. The van der Waals surface area contributed by atoms with Gasteiger partial charge in [-0.15, -0.1) is 0 Å². The molecular weight excluding hydrogens is 1020 g/mol. The molecule has 0 saturated heterocycles. The molecule has 0 saturated carbocycles. The smallest absolute Gasteiger partial charge is 0.142 e. The van der Waals surface area contributed by atoms with Crippen LogP contribution in [0.5, 0.6) is 0 Å². The van der Waals surface area contributed by atoms with E-state index in [9.17, 15) is 0 Å². The van der Waals surface area contributed by atoms with Crippen LogP contribution in [0.1, 0.15) is 0 Å². The molecule has 0 amide bonds. The van der Waals surface area contributed by atoms with Gasteiger partial charge < -0.3 is 19.6 Å². The summed E-state index contributed by atoms with van der Waals surface area (Å²) in [5.74, 6) is 1.48. The maximum atomic E-state index is 5.68. The highest BCUT2D eigenvalue weighted by Gasteiger charge is 2.26. The van der Waals surface area contributed by atoms with Crippen molar-refractivity contribution in [1.29, 1.82) is 0 Å². The Kier molecular flexibility index (Phi) is 15.2. The third kappa shape index (κ3) is 11.2. The van der Waals surface area contributed by atoms with Crippen molar-refractivity contribution in [2.75, 3.05) is 29.4 Å². The number of hydrogen-bond donors (Lipinski definition) is 0. The fraction of sp³-hybridized carbons (Fsp3) is 0. The van der Waals surface area contributed by atoms with Crippen LogP contribution in [0.25, 0.3) is 0 Å². The predicted molar refractivity (Wildman–Crippen MR) is 352 cm³/mol. The first kappa shape index (κ1) is 52.0. The first-order valence-electron chi connectivity index (χ1n) is 28.3. The number of para-hydroxylation sites is 10. The summed E-state index contributed by atoms with van der Waals surface area (Å²) in [6.07, 6.45) is 0. The summed E-state index contributed by atoms with van der Waals surface area (Å²) >= 11 is 0. The van der Waals surface area contributed by atoms with Crippen molar-refractivity contribution in [1.82, 2.24) is 4.98 Å². The Bertz CT molecular complexity index is 3550. The van der Waals surface area contributed by atoms with Crippen LogP contribution in [0.4, 0.5) is 103 Å². The van der Waals surface area contributed by atoms with Gasteiger partial charge in [0.05, 0.1) is 22.7 Å². The van der Waals surface area contributed by atoms with Gasteiger partial charge in [0, 0.05) is 80.4 Å². The van der Waals surface area contributed by atoms with Crippen molar-refractivity contribution >= 4 is 103 Å². The first-order chi connectivity index (χ1) is 41.7. The maximum absolute atomic E-state index is 5.68. The summed E-state index contributed by atoms with van der Waals surface area (Å²) in [5, 5.41) is 0. The molecule has 12 aromatic carbocycles. The number of anilines is 18. The van der Waals surface area contributed by atoms with E-state index >= 15 is 0 Å². The number of rotatable bonds is 18. The summed E-state index contributed by atoms with van der Waals surface area (Å²) in [6, 6.07) is 126. The first-order valence-corrected chi connectivity index (χ1v) is 28.3. The van der Waals surface area contributed by atoms with Gasteiger partial charge in [-0.05, 0) is 158 Å². The fourth-order valence-corrected chi connectivity index (χ4v) is 11.0. The lowest BCUT2D eigenvalue weighted by Gasteiger charge is -2.34. The summed E-state index contributed by atoms with van der Waals surface area (Å²) in [6.45, 7) is 0. The molecule has 0 aliphatic carbocycles. The summed E-state index contributed by atoms with van der Waals surface area (Å²) in [5.41, 5.74) is 15.8. The monoisotopic (exact) mass is 1080 g/mol. The zero-order chi connectivity index (χ0) is 56.3.